The van der Waals surface area contributed by atoms with Crippen molar-refractivity contribution in [1.82, 2.24) is 10.3 Å². The van der Waals surface area contributed by atoms with E-state index in [2.05, 4.69) is 10.3 Å². The van der Waals surface area contributed by atoms with Crippen LogP contribution in [-0.4, -0.2) is 28.4 Å². The van der Waals surface area contributed by atoms with E-state index in [1.54, 1.807) is 0 Å². The van der Waals surface area contributed by atoms with Gasteiger partial charge in [0.05, 0.1) is 11.2 Å². The van der Waals surface area contributed by atoms with E-state index >= 15 is 0 Å². The Balaban J connectivity index is 1.85. The first-order valence-electron chi connectivity index (χ1n) is 6.00. The fourth-order valence-corrected chi connectivity index (χ4v) is 3.37. The molecule has 1 saturated heterocycles. The van der Waals surface area contributed by atoms with E-state index in [0.717, 1.165) is 28.8 Å². The average molecular weight is 261 g/mol. The summed E-state index contributed by atoms with van der Waals surface area (Å²) in [6.45, 7) is 0. The van der Waals surface area contributed by atoms with E-state index in [-0.39, 0.29) is 5.91 Å². The number of carbonyl (C=O) groups excluding carboxylic acids is 1. The lowest BCUT2D eigenvalue weighted by atomic mass is 10.2. The molecule has 0 radical (unpaired) electrons. The van der Waals surface area contributed by atoms with E-state index in [9.17, 15) is 4.79 Å². The van der Waals surface area contributed by atoms with Crippen LogP contribution in [0.2, 0.25) is 0 Å². The number of thioether (sulfide) groups is 1. The molecule has 4 nitrogen and oxygen atoms in total. The number of anilines is 1. The number of nitrogen functional groups attached to an aromatic ring is 1. The summed E-state index contributed by atoms with van der Waals surface area (Å²) in [5.74, 6) is 2.09. The van der Waals surface area contributed by atoms with Gasteiger partial charge in [0.25, 0.3) is 5.91 Å². The summed E-state index contributed by atoms with van der Waals surface area (Å²) in [6, 6.07) is 7.81. The Kier molecular flexibility index (Phi) is 2.91. The van der Waals surface area contributed by atoms with Crippen molar-refractivity contribution in [3.05, 3.63) is 30.0 Å². The van der Waals surface area contributed by atoms with Gasteiger partial charge in [0.15, 0.2) is 0 Å². The molecule has 0 saturated carbocycles. The standard InChI is InChI=1S/C13H15N3OS/c14-10-3-1-2-8-6-11(16-12(8)10)13(17)15-9-4-5-18-7-9/h1-3,6,9,16H,4-5,7,14H2,(H,15,17). The minimum absolute atomic E-state index is 0.0434. The van der Waals surface area contributed by atoms with E-state index in [0.29, 0.717) is 17.4 Å². The maximum absolute atomic E-state index is 12.1. The number of aromatic amines is 1. The number of rotatable bonds is 2. The molecule has 0 bridgehead atoms. The highest BCUT2D eigenvalue weighted by Gasteiger charge is 2.19. The number of carbonyl (C=O) groups is 1. The minimum atomic E-state index is -0.0434. The van der Waals surface area contributed by atoms with Crippen molar-refractivity contribution in [2.24, 2.45) is 0 Å². The molecular weight excluding hydrogens is 246 g/mol. The molecule has 4 N–H and O–H groups in total. The third-order valence-electron chi connectivity index (χ3n) is 3.20. The Morgan fingerprint density at radius 2 is 2.39 bits per heavy atom. The van der Waals surface area contributed by atoms with Crippen molar-refractivity contribution >= 4 is 34.3 Å². The summed E-state index contributed by atoms with van der Waals surface area (Å²) < 4.78 is 0. The third kappa shape index (κ3) is 2.06. The third-order valence-corrected chi connectivity index (χ3v) is 4.36. The van der Waals surface area contributed by atoms with Gasteiger partial charge in [0.2, 0.25) is 0 Å². The lowest BCUT2D eigenvalue weighted by Crippen LogP contribution is -2.34. The summed E-state index contributed by atoms with van der Waals surface area (Å²) >= 11 is 1.88. The molecule has 18 heavy (non-hydrogen) atoms. The highest BCUT2D eigenvalue weighted by molar-refractivity contribution is 7.99. The largest absolute Gasteiger partial charge is 0.397 e. The number of hydrogen-bond donors (Lipinski definition) is 3. The number of benzene rings is 1. The average Bonchev–Trinajstić information content (AvgIpc) is 2.97. The quantitative estimate of drug-likeness (QED) is 0.724. The molecule has 1 aromatic carbocycles. The molecule has 2 aromatic rings. The van der Waals surface area contributed by atoms with Gasteiger partial charge in [-0.25, -0.2) is 0 Å². The van der Waals surface area contributed by atoms with Crippen LogP contribution >= 0.6 is 11.8 Å². The zero-order valence-corrected chi connectivity index (χ0v) is 10.7. The zero-order valence-electron chi connectivity index (χ0n) is 9.90. The number of nitrogens with one attached hydrogen (secondary N) is 2. The van der Waals surface area contributed by atoms with Crippen LogP contribution < -0.4 is 11.1 Å². The second kappa shape index (κ2) is 4.57. The van der Waals surface area contributed by atoms with Gasteiger partial charge in [-0.3, -0.25) is 4.79 Å². The first kappa shape index (κ1) is 11.5. The molecule has 1 amide bonds. The van der Waals surface area contributed by atoms with Crippen molar-refractivity contribution in [2.75, 3.05) is 17.2 Å². The summed E-state index contributed by atoms with van der Waals surface area (Å²) in [7, 11) is 0. The fourth-order valence-electron chi connectivity index (χ4n) is 2.21. The molecule has 1 atom stereocenters. The van der Waals surface area contributed by atoms with Crippen molar-refractivity contribution in [3.63, 3.8) is 0 Å². The van der Waals surface area contributed by atoms with Crippen molar-refractivity contribution in [2.45, 2.75) is 12.5 Å². The Morgan fingerprint density at radius 3 is 3.11 bits per heavy atom. The predicted molar refractivity (Wildman–Crippen MR) is 75.9 cm³/mol. The van der Waals surface area contributed by atoms with Crippen LogP contribution in [0.4, 0.5) is 5.69 Å². The number of amides is 1. The number of hydrogen-bond acceptors (Lipinski definition) is 3. The van der Waals surface area contributed by atoms with E-state index in [4.69, 9.17) is 5.73 Å². The van der Waals surface area contributed by atoms with Crippen LogP contribution in [0.5, 0.6) is 0 Å². The highest BCUT2D eigenvalue weighted by Crippen LogP contribution is 2.22. The van der Waals surface area contributed by atoms with Crippen LogP contribution in [0, 0.1) is 0 Å². The molecule has 1 aromatic heterocycles. The van der Waals surface area contributed by atoms with Gasteiger partial charge in [-0.1, -0.05) is 12.1 Å². The molecule has 1 aliphatic rings. The maximum atomic E-state index is 12.1. The number of fused-ring (bicyclic) bond motifs is 1. The second-order valence-electron chi connectivity index (χ2n) is 4.53. The summed E-state index contributed by atoms with van der Waals surface area (Å²) in [6.07, 6.45) is 1.05. The highest BCUT2D eigenvalue weighted by atomic mass is 32.2. The maximum Gasteiger partial charge on any atom is 0.267 e. The normalized spacial score (nSPS) is 19.2. The van der Waals surface area contributed by atoms with Crippen LogP contribution in [0.25, 0.3) is 10.9 Å². The van der Waals surface area contributed by atoms with E-state index in [1.807, 2.05) is 36.0 Å². The summed E-state index contributed by atoms with van der Waals surface area (Å²) in [5.41, 5.74) is 7.96. The van der Waals surface area contributed by atoms with E-state index in [1.165, 1.54) is 0 Å². The lowest BCUT2D eigenvalue weighted by Gasteiger charge is -2.09. The molecule has 1 unspecified atom stereocenters. The SMILES string of the molecule is Nc1cccc2cc(C(=O)NC3CCSC3)[nH]c12. The Hall–Kier alpha value is -1.62. The smallest absolute Gasteiger partial charge is 0.267 e. The molecule has 3 rings (SSSR count). The summed E-state index contributed by atoms with van der Waals surface area (Å²) in [5, 5.41) is 4.02. The second-order valence-corrected chi connectivity index (χ2v) is 5.68. The monoisotopic (exact) mass is 261 g/mol. The number of para-hydroxylation sites is 1. The Morgan fingerprint density at radius 1 is 1.50 bits per heavy atom. The minimum Gasteiger partial charge on any atom is -0.397 e. The topological polar surface area (TPSA) is 70.9 Å². The predicted octanol–water partition coefficient (Wildman–Crippen LogP) is 1.99. The lowest BCUT2D eigenvalue weighted by molar-refractivity contribution is 0.0937. The molecule has 0 spiro atoms. The van der Waals surface area contributed by atoms with Gasteiger partial charge in [-0.2, -0.15) is 11.8 Å². The van der Waals surface area contributed by atoms with Gasteiger partial charge < -0.3 is 16.0 Å². The van der Waals surface area contributed by atoms with Crippen molar-refractivity contribution in [3.8, 4) is 0 Å². The zero-order chi connectivity index (χ0) is 12.5. The molecule has 1 aliphatic heterocycles. The van der Waals surface area contributed by atoms with Crippen LogP contribution in [0.15, 0.2) is 24.3 Å². The molecule has 1 fully saturated rings. The van der Waals surface area contributed by atoms with Crippen LogP contribution in [0.1, 0.15) is 16.9 Å². The number of nitrogens with two attached hydrogens (primary N) is 1. The van der Waals surface area contributed by atoms with Gasteiger partial charge in [0.1, 0.15) is 5.69 Å². The first-order valence-corrected chi connectivity index (χ1v) is 7.15. The first-order chi connectivity index (χ1) is 8.74. The molecule has 5 heteroatoms. The van der Waals surface area contributed by atoms with Gasteiger partial charge >= 0.3 is 0 Å². The molecule has 94 valence electrons. The molecule has 0 aliphatic carbocycles. The Bertz CT molecular complexity index is 587. The van der Waals surface area contributed by atoms with Gasteiger partial charge in [-0.15, -0.1) is 0 Å². The van der Waals surface area contributed by atoms with Crippen molar-refractivity contribution < 1.29 is 4.79 Å². The van der Waals surface area contributed by atoms with E-state index < -0.39 is 0 Å². The van der Waals surface area contributed by atoms with Gasteiger partial charge in [0, 0.05) is 17.2 Å². The number of H-pyrrole nitrogens is 1. The van der Waals surface area contributed by atoms with Crippen LogP contribution in [0.3, 0.4) is 0 Å². The Labute approximate surface area is 109 Å². The van der Waals surface area contributed by atoms with Crippen molar-refractivity contribution in [1.29, 1.82) is 0 Å². The number of aromatic nitrogens is 1. The molecular formula is C13H15N3OS. The van der Waals surface area contributed by atoms with Crippen LogP contribution in [-0.2, 0) is 0 Å². The molecule has 2 heterocycles. The summed E-state index contributed by atoms with van der Waals surface area (Å²) in [4.78, 5) is 15.2. The van der Waals surface area contributed by atoms with Gasteiger partial charge in [-0.05, 0) is 24.3 Å². The fraction of sp³-hybridized carbons (Fsp3) is 0.308.